The molecule has 0 saturated carbocycles. The molecule has 31 heavy (non-hydrogen) atoms. The maximum atomic E-state index is 13.1. The summed E-state index contributed by atoms with van der Waals surface area (Å²) >= 11 is 6.00. The zero-order valence-corrected chi connectivity index (χ0v) is 19.5. The molecule has 0 radical (unpaired) electrons. The first-order valence-corrected chi connectivity index (χ1v) is 11.8. The van der Waals surface area contributed by atoms with E-state index in [0.717, 1.165) is 16.3 Å². The minimum atomic E-state index is -3.73. The number of rotatable bonds is 7. The SMILES string of the molecule is COc1ccc(Cl)cc1S(=O)(=O)N1CC[NH+](CC(=O)Nc2ccc(N(C)C)cc2)CC1. The molecule has 0 unspecified atom stereocenters. The molecule has 0 aliphatic carbocycles. The van der Waals surface area contributed by atoms with Crippen molar-refractivity contribution in [1.82, 2.24) is 4.31 Å². The molecule has 0 bridgehead atoms. The third-order valence-corrected chi connectivity index (χ3v) is 7.41. The Bertz CT molecular complexity index is 1020. The molecule has 1 aliphatic heterocycles. The van der Waals surface area contributed by atoms with Gasteiger partial charge in [-0.25, -0.2) is 8.42 Å². The third kappa shape index (κ3) is 5.68. The minimum absolute atomic E-state index is 0.0601. The van der Waals surface area contributed by atoms with Gasteiger partial charge >= 0.3 is 0 Å². The van der Waals surface area contributed by atoms with Crippen LogP contribution >= 0.6 is 11.6 Å². The molecule has 0 spiro atoms. The van der Waals surface area contributed by atoms with Crippen molar-refractivity contribution < 1.29 is 22.8 Å². The van der Waals surface area contributed by atoms with Crippen LogP contribution in [0.4, 0.5) is 11.4 Å². The molecule has 10 heteroatoms. The predicted molar refractivity (Wildman–Crippen MR) is 122 cm³/mol. The smallest absolute Gasteiger partial charge is 0.279 e. The highest BCUT2D eigenvalue weighted by Crippen LogP contribution is 2.29. The number of piperazine rings is 1. The van der Waals surface area contributed by atoms with Crippen molar-refractivity contribution in [1.29, 1.82) is 0 Å². The van der Waals surface area contributed by atoms with Crippen LogP contribution in [0.5, 0.6) is 5.75 Å². The maximum Gasteiger partial charge on any atom is 0.279 e. The van der Waals surface area contributed by atoms with Gasteiger partial charge in [-0.05, 0) is 42.5 Å². The summed E-state index contributed by atoms with van der Waals surface area (Å²) in [6.07, 6.45) is 0. The van der Waals surface area contributed by atoms with Gasteiger partial charge in [0.25, 0.3) is 5.91 Å². The van der Waals surface area contributed by atoms with Crippen molar-refractivity contribution in [2.45, 2.75) is 4.90 Å². The van der Waals surface area contributed by atoms with Gasteiger partial charge in [-0.2, -0.15) is 4.31 Å². The molecule has 168 valence electrons. The number of benzene rings is 2. The summed E-state index contributed by atoms with van der Waals surface area (Å²) in [5, 5.41) is 3.23. The Kier molecular flexibility index (Phi) is 7.42. The number of carbonyl (C=O) groups is 1. The highest BCUT2D eigenvalue weighted by molar-refractivity contribution is 7.89. The molecule has 2 aromatic rings. The maximum absolute atomic E-state index is 13.1. The number of halogens is 1. The zero-order valence-electron chi connectivity index (χ0n) is 17.9. The Balaban J connectivity index is 1.57. The predicted octanol–water partition coefficient (Wildman–Crippen LogP) is 0.943. The van der Waals surface area contributed by atoms with Crippen LogP contribution in [-0.4, -0.2) is 72.6 Å². The van der Waals surface area contributed by atoms with Gasteiger partial charge in [0.15, 0.2) is 6.54 Å². The molecule has 0 atom stereocenters. The summed E-state index contributed by atoms with van der Waals surface area (Å²) in [7, 11) is 1.61. The van der Waals surface area contributed by atoms with E-state index >= 15 is 0 Å². The van der Waals surface area contributed by atoms with Crippen LogP contribution < -0.4 is 19.9 Å². The lowest BCUT2D eigenvalue weighted by Gasteiger charge is -2.31. The number of amides is 1. The molecule has 2 N–H and O–H groups in total. The Morgan fingerprint density at radius 1 is 1.16 bits per heavy atom. The quantitative estimate of drug-likeness (QED) is 0.633. The molecular formula is C21H28ClN4O4S+. The molecule has 1 fully saturated rings. The third-order valence-electron chi connectivity index (χ3n) is 5.25. The van der Waals surface area contributed by atoms with E-state index in [4.69, 9.17) is 16.3 Å². The lowest BCUT2D eigenvalue weighted by atomic mass is 10.2. The fourth-order valence-corrected chi connectivity index (χ4v) is 5.35. The van der Waals surface area contributed by atoms with Gasteiger partial charge < -0.3 is 19.9 Å². The van der Waals surface area contributed by atoms with E-state index in [1.807, 2.05) is 43.3 Å². The molecule has 1 aliphatic rings. The topological polar surface area (TPSA) is 83.4 Å². The molecule has 1 amide bonds. The lowest BCUT2D eigenvalue weighted by molar-refractivity contribution is -0.895. The number of hydrogen-bond donors (Lipinski definition) is 2. The Labute approximate surface area is 188 Å². The molecular weight excluding hydrogens is 440 g/mol. The molecule has 0 aromatic heterocycles. The minimum Gasteiger partial charge on any atom is -0.495 e. The number of nitrogens with one attached hydrogen (secondary N) is 2. The second-order valence-electron chi connectivity index (χ2n) is 7.62. The number of hydrogen-bond acceptors (Lipinski definition) is 5. The van der Waals surface area contributed by atoms with Gasteiger partial charge in [0.05, 0.1) is 33.3 Å². The molecule has 3 rings (SSSR count). The monoisotopic (exact) mass is 467 g/mol. The summed E-state index contributed by atoms with van der Waals surface area (Å²) in [5.41, 5.74) is 1.79. The van der Waals surface area contributed by atoms with Crippen LogP contribution in [0.15, 0.2) is 47.4 Å². The van der Waals surface area contributed by atoms with Crippen molar-refractivity contribution in [2.75, 3.05) is 64.1 Å². The molecule has 2 aromatic carbocycles. The second kappa shape index (κ2) is 9.86. The van der Waals surface area contributed by atoms with E-state index in [9.17, 15) is 13.2 Å². The van der Waals surface area contributed by atoms with Crippen LogP contribution in [0.1, 0.15) is 0 Å². The van der Waals surface area contributed by atoms with Gasteiger partial charge in [0.1, 0.15) is 10.6 Å². The lowest BCUT2D eigenvalue weighted by Crippen LogP contribution is -3.15. The van der Waals surface area contributed by atoms with E-state index in [0.29, 0.717) is 31.2 Å². The normalized spacial score (nSPS) is 15.5. The first-order chi connectivity index (χ1) is 14.7. The first kappa shape index (κ1) is 23.3. The number of methoxy groups -OCH3 is 1. The summed E-state index contributed by atoms with van der Waals surface area (Å²) in [6, 6.07) is 12.2. The van der Waals surface area contributed by atoms with Gasteiger partial charge in [0.2, 0.25) is 10.0 Å². The second-order valence-corrected chi connectivity index (χ2v) is 9.96. The summed E-state index contributed by atoms with van der Waals surface area (Å²) in [6.45, 7) is 1.99. The van der Waals surface area contributed by atoms with Crippen molar-refractivity contribution in [3.63, 3.8) is 0 Å². The average molecular weight is 468 g/mol. The fourth-order valence-electron chi connectivity index (χ4n) is 3.49. The van der Waals surface area contributed by atoms with Gasteiger partial charge in [-0.3, -0.25) is 4.79 Å². The van der Waals surface area contributed by atoms with Crippen LogP contribution in [0.2, 0.25) is 5.02 Å². The number of ether oxygens (including phenoxy) is 1. The summed E-state index contributed by atoms with van der Waals surface area (Å²) < 4.78 is 32.7. The van der Waals surface area contributed by atoms with Crippen molar-refractivity contribution in [3.05, 3.63) is 47.5 Å². The van der Waals surface area contributed by atoms with Crippen LogP contribution in [0.3, 0.4) is 0 Å². The number of nitrogens with zero attached hydrogens (tertiary/aromatic N) is 2. The van der Waals surface area contributed by atoms with E-state index in [-0.39, 0.29) is 23.1 Å². The Hall–Kier alpha value is -2.33. The Morgan fingerprint density at radius 2 is 1.81 bits per heavy atom. The standard InChI is InChI=1S/C21H27ClN4O4S/c1-24(2)18-7-5-17(6-8-18)23-21(27)15-25-10-12-26(13-11-25)31(28,29)20-14-16(22)4-9-19(20)30-3/h4-9,14H,10-13,15H2,1-3H3,(H,23,27)/p+1. The number of sulfonamides is 1. The van der Waals surface area contributed by atoms with Gasteiger partial charge in [-0.1, -0.05) is 11.6 Å². The van der Waals surface area contributed by atoms with E-state index in [1.54, 1.807) is 12.1 Å². The largest absolute Gasteiger partial charge is 0.495 e. The zero-order chi connectivity index (χ0) is 22.6. The molecule has 1 heterocycles. The molecule has 8 nitrogen and oxygen atoms in total. The van der Waals surface area contributed by atoms with E-state index in [1.165, 1.54) is 17.5 Å². The van der Waals surface area contributed by atoms with Crippen LogP contribution in [-0.2, 0) is 14.8 Å². The van der Waals surface area contributed by atoms with Crippen LogP contribution in [0, 0.1) is 0 Å². The highest BCUT2D eigenvalue weighted by atomic mass is 35.5. The van der Waals surface area contributed by atoms with Crippen molar-refractivity contribution in [3.8, 4) is 5.75 Å². The highest BCUT2D eigenvalue weighted by Gasteiger charge is 2.33. The number of carbonyl (C=O) groups excluding carboxylic acids is 1. The molecule has 1 saturated heterocycles. The van der Waals surface area contributed by atoms with E-state index in [2.05, 4.69) is 5.32 Å². The first-order valence-electron chi connectivity index (χ1n) is 9.95. The summed E-state index contributed by atoms with van der Waals surface area (Å²) in [5.74, 6) is 0.166. The number of quaternary nitrogens is 1. The summed E-state index contributed by atoms with van der Waals surface area (Å²) in [4.78, 5) is 15.5. The van der Waals surface area contributed by atoms with Gasteiger partial charge in [-0.15, -0.1) is 0 Å². The van der Waals surface area contributed by atoms with Crippen molar-refractivity contribution >= 4 is 38.9 Å². The number of anilines is 2. The fraction of sp³-hybridized carbons (Fsp3) is 0.381. The van der Waals surface area contributed by atoms with Crippen molar-refractivity contribution in [2.24, 2.45) is 0 Å². The van der Waals surface area contributed by atoms with Crippen LogP contribution in [0.25, 0.3) is 0 Å². The van der Waals surface area contributed by atoms with E-state index < -0.39 is 10.0 Å². The average Bonchev–Trinajstić information content (AvgIpc) is 2.74. The van der Waals surface area contributed by atoms with Gasteiger partial charge in [0, 0.05) is 30.5 Å². The Morgan fingerprint density at radius 3 is 2.39 bits per heavy atom.